The van der Waals surface area contributed by atoms with Gasteiger partial charge in [0.2, 0.25) is 0 Å². The molecule has 2 aromatic heterocycles. The lowest BCUT2D eigenvalue weighted by atomic mass is 10.0. The molecule has 7 heteroatoms. The van der Waals surface area contributed by atoms with Gasteiger partial charge in [0, 0.05) is 24.2 Å². The van der Waals surface area contributed by atoms with Crippen LogP contribution in [0.2, 0.25) is 0 Å². The fourth-order valence-electron chi connectivity index (χ4n) is 4.93. The predicted octanol–water partition coefficient (Wildman–Crippen LogP) is 4.42. The largest absolute Gasteiger partial charge is 0.451 e. The molecule has 1 saturated heterocycles. The molecule has 1 N–H and O–H groups in total. The van der Waals surface area contributed by atoms with Crippen LogP contribution in [0.5, 0.6) is 0 Å². The van der Waals surface area contributed by atoms with E-state index in [0.717, 1.165) is 18.5 Å². The molecule has 0 spiro atoms. The Morgan fingerprint density at radius 1 is 1.20 bits per heavy atom. The number of aryl methyl sites for hydroxylation is 2. The number of benzene rings is 1. The normalized spacial score (nSPS) is 20.7. The molecule has 7 nitrogen and oxygen atoms in total. The number of carbonyl (C=O) groups excluding carboxylic acids is 2. The fourth-order valence-corrected chi connectivity index (χ4v) is 4.93. The van der Waals surface area contributed by atoms with Crippen LogP contribution in [-0.4, -0.2) is 35.0 Å². The highest BCUT2D eigenvalue weighted by Gasteiger charge is 2.38. The van der Waals surface area contributed by atoms with Crippen molar-refractivity contribution in [1.29, 1.82) is 0 Å². The predicted molar refractivity (Wildman–Crippen MR) is 112 cm³/mol. The molecule has 2 atom stereocenters. The van der Waals surface area contributed by atoms with E-state index in [9.17, 15) is 9.59 Å². The Kier molecular flexibility index (Phi) is 4.60. The minimum atomic E-state index is -0.256. The average Bonchev–Trinajstić information content (AvgIpc) is 3.48. The lowest BCUT2D eigenvalue weighted by Crippen LogP contribution is -2.29. The molecule has 30 heavy (non-hydrogen) atoms. The summed E-state index contributed by atoms with van der Waals surface area (Å²) in [5.41, 5.74) is 2.37. The molecule has 1 aliphatic carbocycles. The zero-order valence-electron chi connectivity index (χ0n) is 17.2. The van der Waals surface area contributed by atoms with E-state index in [1.807, 2.05) is 17.9 Å². The van der Waals surface area contributed by atoms with E-state index in [2.05, 4.69) is 10.5 Å². The van der Waals surface area contributed by atoms with Crippen LogP contribution in [0.3, 0.4) is 0 Å². The van der Waals surface area contributed by atoms with Gasteiger partial charge in [0.25, 0.3) is 11.8 Å². The maximum atomic E-state index is 12.9. The van der Waals surface area contributed by atoms with E-state index < -0.39 is 0 Å². The quantitative estimate of drug-likeness (QED) is 0.692. The maximum Gasteiger partial charge on any atom is 0.289 e. The van der Waals surface area contributed by atoms with Crippen LogP contribution in [0.25, 0.3) is 11.0 Å². The molecule has 0 unspecified atom stereocenters. The summed E-state index contributed by atoms with van der Waals surface area (Å²) in [7, 11) is 0. The van der Waals surface area contributed by atoms with Gasteiger partial charge in [0.05, 0.1) is 5.69 Å². The van der Waals surface area contributed by atoms with Gasteiger partial charge in [-0.25, -0.2) is 0 Å². The average molecular weight is 407 g/mol. The summed E-state index contributed by atoms with van der Waals surface area (Å²) < 4.78 is 11.0. The second-order valence-corrected chi connectivity index (χ2v) is 8.39. The Hall–Kier alpha value is -3.09. The third-order valence-electron chi connectivity index (χ3n) is 6.49. The van der Waals surface area contributed by atoms with Crippen molar-refractivity contribution in [3.05, 3.63) is 47.0 Å². The number of nitrogens with zero attached hydrogens (tertiary/aromatic N) is 2. The fraction of sp³-hybridized carbons (Fsp3) is 0.435. The lowest BCUT2D eigenvalue weighted by molar-refractivity contribution is 0.0751. The van der Waals surface area contributed by atoms with Gasteiger partial charge in [0.1, 0.15) is 16.9 Å². The molecule has 2 amide bonds. The van der Waals surface area contributed by atoms with Crippen molar-refractivity contribution in [1.82, 2.24) is 10.1 Å². The monoisotopic (exact) mass is 407 g/mol. The van der Waals surface area contributed by atoms with Gasteiger partial charge in [-0.3, -0.25) is 9.59 Å². The van der Waals surface area contributed by atoms with Crippen LogP contribution in [0, 0.1) is 18.8 Å². The first-order valence-corrected chi connectivity index (χ1v) is 10.6. The van der Waals surface area contributed by atoms with Crippen molar-refractivity contribution < 1.29 is 18.5 Å². The highest BCUT2D eigenvalue weighted by Crippen LogP contribution is 2.38. The third kappa shape index (κ3) is 3.18. The second-order valence-electron chi connectivity index (χ2n) is 8.39. The number of rotatable bonds is 4. The molecule has 156 valence electrons. The lowest BCUT2D eigenvalue weighted by Gasteiger charge is -2.15. The van der Waals surface area contributed by atoms with Gasteiger partial charge in [-0.1, -0.05) is 18.5 Å². The van der Waals surface area contributed by atoms with Crippen molar-refractivity contribution in [2.75, 3.05) is 18.4 Å². The van der Waals surface area contributed by atoms with E-state index in [1.165, 1.54) is 19.3 Å². The zero-order valence-corrected chi connectivity index (χ0v) is 17.2. The van der Waals surface area contributed by atoms with E-state index >= 15 is 0 Å². The molecule has 0 bridgehead atoms. The first-order valence-electron chi connectivity index (χ1n) is 10.6. The summed E-state index contributed by atoms with van der Waals surface area (Å²) >= 11 is 0. The van der Waals surface area contributed by atoms with Crippen LogP contribution in [-0.2, 0) is 6.42 Å². The first-order chi connectivity index (χ1) is 14.5. The number of nitrogens with one attached hydrogen (secondary N) is 1. The molecular weight excluding hydrogens is 382 g/mol. The molecule has 1 aromatic carbocycles. The Bertz CT molecular complexity index is 1120. The van der Waals surface area contributed by atoms with Crippen LogP contribution >= 0.6 is 0 Å². The van der Waals surface area contributed by atoms with E-state index in [4.69, 9.17) is 8.94 Å². The van der Waals surface area contributed by atoms with Crippen LogP contribution in [0.4, 0.5) is 5.69 Å². The zero-order chi connectivity index (χ0) is 20.8. The highest BCUT2D eigenvalue weighted by atomic mass is 16.5. The van der Waals surface area contributed by atoms with Crippen LogP contribution in [0.1, 0.15) is 58.6 Å². The summed E-state index contributed by atoms with van der Waals surface area (Å²) in [6.45, 7) is 5.32. The van der Waals surface area contributed by atoms with Crippen LogP contribution < -0.4 is 5.32 Å². The third-order valence-corrected chi connectivity index (χ3v) is 6.49. The van der Waals surface area contributed by atoms with Gasteiger partial charge in [-0.2, -0.15) is 0 Å². The van der Waals surface area contributed by atoms with Gasteiger partial charge in [-0.15, -0.1) is 0 Å². The molecule has 1 aliphatic heterocycles. The molecular formula is C23H25N3O4. The maximum absolute atomic E-state index is 12.9. The summed E-state index contributed by atoms with van der Waals surface area (Å²) in [4.78, 5) is 27.5. The molecule has 1 saturated carbocycles. The number of fused-ring (bicyclic) bond motifs is 2. The molecule has 2 aliphatic rings. The van der Waals surface area contributed by atoms with E-state index in [0.29, 0.717) is 52.3 Å². The molecule has 3 heterocycles. The van der Waals surface area contributed by atoms with E-state index in [-0.39, 0.29) is 11.8 Å². The minimum Gasteiger partial charge on any atom is -0.451 e. The summed E-state index contributed by atoms with van der Waals surface area (Å²) in [5.74, 6) is 1.85. The Labute approximate surface area is 174 Å². The molecule has 3 aromatic rings. The van der Waals surface area contributed by atoms with Gasteiger partial charge in [0.15, 0.2) is 5.76 Å². The number of anilines is 1. The second kappa shape index (κ2) is 7.31. The van der Waals surface area contributed by atoms with E-state index in [1.54, 1.807) is 25.1 Å². The van der Waals surface area contributed by atoms with Crippen molar-refractivity contribution in [3.63, 3.8) is 0 Å². The highest BCUT2D eigenvalue weighted by molar-refractivity contribution is 6.06. The number of carbonyl (C=O) groups is 2. The van der Waals surface area contributed by atoms with Crippen molar-refractivity contribution >= 4 is 28.5 Å². The molecule has 5 rings (SSSR count). The Balaban J connectivity index is 1.34. The minimum absolute atomic E-state index is 0.0427. The summed E-state index contributed by atoms with van der Waals surface area (Å²) in [6.07, 6.45) is 4.35. The van der Waals surface area contributed by atoms with Crippen LogP contribution in [0.15, 0.2) is 33.2 Å². The summed E-state index contributed by atoms with van der Waals surface area (Å²) in [6, 6.07) is 7.14. The smallest absolute Gasteiger partial charge is 0.289 e. The molecule has 2 fully saturated rings. The first kappa shape index (κ1) is 18.9. The number of hydrogen-bond acceptors (Lipinski definition) is 5. The number of hydrogen-bond donors (Lipinski definition) is 1. The standard InChI is InChI=1S/C23H25N3O4/c1-3-18-21(13(2)30-25-18)22(27)24-17-7-8-19-16(9-17)10-20(29-19)23(28)26-11-14-5-4-6-15(14)12-26/h7-10,14-15H,3-6,11-12H2,1-2H3,(H,24,27)/t14-,15+. The molecule has 0 radical (unpaired) electrons. The number of furan rings is 1. The van der Waals surface area contributed by atoms with Gasteiger partial charge < -0.3 is 19.2 Å². The number of aromatic nitrogens is 1. The Morgan fingerprint density at radius 2 is 1.97 bits per heavy atom. The topological polar surface area (TPSA) is 88.6 Å². The van der Waals surface area contributed by atoms with Crippen molar-refractivity contribution in [2.45, 2.75) is 39.5 Å². The Morgan fingerprint density at radius 3 is 2.70 bits per heavy atom. The summed E-state index contributed by atoms with van der Waals surface area (Å²) in [5, 5.41) is 7.62. The van der Waals surface area contributed by atoms with Gasteiger partial charge in [-0.05, 0) is 62.3 Å². The van der Waals surface area contributed by atoms with Crippen molar-refractivity contribution in [3.8, 4) is 0 Å². The van der Waals surface area contributed by atoms with Crippen molar-refractivity contribution in [2.24, 2.45) is 11.8 Å². The van der Waals surface area contributed by atoms with Gasteiger partial charge >= 0.3 is 0 Å². The SMILES string of the molecule is CCc1noc(C)c1C(=O)Nc1ccc2oc(C(=O)N3C[C@H]4CCC[C@H]4C3)cc2c1. The number of amides is 2. The number of likely N-dealkylation sites (tertiary alicyclic amines) is 1.